The first kappa shape index (κ1) is 17.5. The van der Waals surface area contributed by atoms with Gasteiger partial charge < -0.3 is 9.84 Å². The van der Waals surface area contributed by atoms with Crippen LogP contribution in [0, 0.1) is 0 Å². The molecule has 4 rings (SSSR count). The maximum Gasteiger partial charge on any atom is 0.262 e. The number of hydrogen-bond acceptors (Lipinski definition) is 5. The lowest BCUT2D eigenvalue weighted by Gasteiger charge is -2.14. The van der Waals surface area contributed by atoms with E-state index in [-0.39, 0.29) is 18.7 Å². The smallest absolute Gasteiger partial charge is 0.262 e. The van der Waals surface area contributed by atoms with Crippen LogP contribution in [0.3, 0.4) is 0 Å². The van der Waals surface area contributed by atoms with E-state index in [1.165, 1.54) is 22.2 Å². The molecule has 0 saturated heterocycles. The predicted octanol–water partition coefficient (Wildman–Crippen LogP) is 3.56. The molecule has 1 N–H and O–H groups in total. The highest BCUT2D eigenvalue weighted by Gasteiger charge is 2.11. The molecule has 27 heavy (non-hydrogen) atoms. The molecular weight excluding hydrogens is 360 g/mol. The van der Waals surface area contributed by atoms with E-state index >= 15 is 0 Å². The van der Waals surface area contributed by atoms with Gasteiger partial charge in [-0.15, -0.1) is 11.3 Å². The molecule has 0 unspecified atom stereocenters. The van der Waals surface area contributed by atoms with Crippen LogP contribution in [0.25, 0.3) is 21.3 Å². The van der Waals surface area contributed by atoms with Gasteiger partial charge in [0.2, 0.25) is 0 Å². The van der Waals surface area contributed by atoms with Gasteiger partial charge in [0.1, 0.15) is 23.3 Å². The van der Waals surface area contributed by atoms with Gasteiger partial charge in [-0.3, -0.25) is 9.36 Å². The highest BCUT2D eigenvalue weighted by Crippen LogP contribution is 2.22. The summed E-state index contributed by atoms with van der Waals surface area (Å²) in [4.78, 5) is 17.3. The number of ether oxygens (including phenoxy) is 1. The Balaban J connectivity index is 1.38. The minimum Gasteiger partial charge on any atom is -0.491 e. The Hall–Kier alpha value is -2.96. The van der Waals surface area contributed by atoms with Crippen molar-refractivity contribution in [3.63, 3.8) is 0 Å². The summed E-state index contributed by atoms with van der Waals surface area (Å²) in [5.41, 5.74) is 2.09. The Kier molecular flexibility index (Phi) is 5.00. The Morgan fingerprint density at radius 2 is 1.78 bits per heavy atom. The summed E-state index contributed by atoms with van der Waals surface area (Å²) < 4.78 is 7.08. The first-order valence-corrected chi connectivity index (χ1v) is 9.47. The van der Waals surface area contributed by atoms with E-state index < -0.39 is 6.10 Å². The lowest BCUT2D eigenvalue weighted by Crippen LogP contribution is -2.30. The fraction of sp³-hybridized carbons (Fsp3) is 0.143. The number of aromatic nitrogens is 2. The molecule has 136 valence electrons. The van der Waals surface area contributed by atoms with Crippen molar-refractivity contribution < 1.29 is 9.84 Å². The van der Waals surface area contributed by atoms with Crippen LogP contribution in [-0.2, 0) is 6.54 Å². The number of rotatable bonds is 6. The number of nitrogens with zero attached hydrogens (tertiary/aromatic N) is 2. The Morgan fingerprint density at radius 3 is 2.56 bits per heavy atom. The monoisotopic (exact) mass is 378 g/mol. The molecule has 6 heteroatoms. The summed E-state index contributed by atoms with van der Waals surface area (Å²) in [6.45, 7) is 0.235. The van der Waals surface area contributed by atoms with E-state index in [0.717, 1.165) is 11.1 Å². The van der Waals surface area contributed by atoms with Crippen molar-refractivity contribution in [3.8, 4) is 16.9 Å². The maximum absolute atomic E-state index is 12.3. The normalized spacial score (nSPS) is 12.2. The van der Waals surface area contributed by atoms with E-state index in [1.54, 1.807) is 6.07 Å². The highest BCUT2D eigenvalue weighted by molar-refractivity contribution is 7.16. The van der Waals surface area contributed by atoms with Crippen LogP contribution in [-0.4, -0.2) is 27.4 Å². The molecule has 2 aromatic carbocycles. The van der Waals surface area contributed by atoms with Crippen molar-refractivity contribution in [3.05, 3.63) is 82.7 Å². The van der Waals surface area contributed by atoms with Crippen LogP contribution in [0.4, 0.5) is 0 Å². The number of aliphatic hydroxyl groups excluding tert-OH is 1. The minimum atomic E-state index is -0.811. The molecule has 0 spiro atoms. The maximum atomic E-state index is 12.3. The van der Waals surface area contributed by atoms with Crippen LogP contribution in [0.1, 0.15) is 0 Å². The number of hydrogen-bond donors (Lipinski definition) is 1. The van der Waals surface area contributed by atoms with Gasteiger partial charge in [-0.25, -0.2) is 4.98 Å². The van der Waals surface area contributed by atoms with Crippen LogP contribution in [0.5, 0.6) is 5.75 Å². The van der Waals surface area contributed by atoms with E-state index in [1.807, 2.05) is 47.8 Å². The van der Waals surface area contributed by atoms with Crippen LogP contribution < -0.4 is 10.3 Å². The van der Waals surface area contributed by atoms with E-state index in [9.17, 15) is 9.90 Å². The lowest BCUT2D eigenvalue weighted by molar-refractivity contribution is 0.0915. The van der Waals surface area contributed by atoms with Gasteiger partial charge in [0, 0.05) is 0 Å². The first-order valence-electron chi connectivity index (χ1n) is 8.60. The third kappa shape index (κ3) is 3.92. The first-order chi connectivity index (χ1) is 13.2. The van der Waals surface area contributed by atoms with Crippen molar-refractivity contribution in [1.82, 2.24) is 9.55 Å². The number of benzene rings is 2. The van der Waals surface area contributed by atoms with Crippen molar-refractivity contribution in [2.75, 3.05) is 6.61 Å². The zero-order valence-corrected chi connectivity index (χ0v) is 15.3. The highest BCUT2D eigenvalue weighted by atomic mass is 32.1. The SMILES string of the molecule is O=c1c2ccsc2ncn1C[C@@H](O)COc1ccc(-c2ccccc2)cc1. The molecule has 0 aliphatic carbocycles. The third-order valence-electron chi connectivity index (χ3n) is 4.26. The molecule has 0 radical (unpaired) electrons. The zero-order chi connectivity index (χ0) is 18.6. The molecule has 5 nitrogen and oxygen atoms in total. The average molecular weight is 378 g/mol. The molecule has 0 aliphatic heterocycles. The lowest BCUT2D eigenvalue weighted by atomic mass is 10.1. The van der Waals surface area contributed by atoms with Gasteiger partial charge in [0.05, 0.1) is 18.3 Å². The predicted molar refractivity (Wildman–Crippen MR) is 107 cm³/mol. The quantitative estimate of drug-likeness (QED) is 0.557. The van der Waals surface area contributed by atoms with Crippen molar-refractivity contribution >= 4 is 21.6 Å². The van der Waals surface area contributed by atoms with Crippen LogP contribution in [0.15, 0.2) is 77.2 Å². The standard InChI is InChI=1S/C21H18N2O3S/c24-17(12-23-14-22-20-19(21(23)25)10-11-27-20)13-26-18-8-6-16(7-9-18)15-4-2-1-3-5-15/h1-11,14,17,24H,12-13H2/t17-/m1/s1. The number of thiophene rings is 1. The van der Waals surface area contributed by atoms with E-state index in [4.69, 9.17) is 4.74 Å². The van der Waals surface area contributed by atoms with Gasteiger partial charge in [0.25, 0.3) is 5.56 Å². The van der Waals surface area contributed by atoms with Crippen molar-refractivity contribution in [1.29, 1.82) is 0 Å². The molecule has 0 aliphatic rings. The number of aliphatic hydroxyl groups is 1. The summed E-state index contributed by atoms with van der Waals surface area (Å²) in [6, 6.07) is 19.6. The third-order valence-corrected chi connectivity index (χ3v) is 5.08. The number of fused-ring (bicyclic) bond motifs is 1. The van der Waals surface area contributed by atoms with Gasteiger partial charge in [0.15, 0.2) is 0 Å². The average Bonchev–Trinajstić information content (AvgIpc) is 3.19. The van der Waals surface area contributed by atoms with Crippen LogP contribution >= 0.6 is 11.3 Å². The second-order valence-electron chi connectivity index (χ2n) is 6.20. The molecule has 2 aromatic heterocycles. The Labute approximate surface area is 160 Å². The Morgan fingerprint density at radius 1 is 1.04 bits per heavy atom. The van der Waals surface area contributed by atoms with Crippen molar-refractivity contribution in [2.45, 2.75) is 12.6 Å². The van der Waals surface area contributed by atoms with Crippen LogP contribution in [0.2, 0.25) is 0 Å². The summed E-state index contributed by atoms with van der Waals surface area (Å²) in [5, 5.41) is 12.6. The fourth-order valence-electron chi connectivity index (χ4n) is 2.87. The molecule has 1 atom stereocenters. The van der Waals surface area contributed by atoms with Crippen molar-refractivity contribution in [2.24, 2.45) is 0 Å². The van der Waals surface area contributed by atoms with E-state index in [0.29, 0.717) is 16.0 Å². The summed E-state index contributed by atoms with van der Waals surface area (Å²) in [7, 11) is 0. The Bertz CT molecular complexity index is 1090. The van der Waals surface area contributed by atoms with Gasteiger partial charge >= 0.3 is 0 Å². The minimum absolute atomic E-state index is 0.0960. The summed E-state index contributed by atoms with van der Waals surface area (Å²) in [6.07, 6.45) is 0.661. The second-order valence-corrected chi connectivity index (χ2v) is 7.09. The molecular formula is C21H18N2O3S. The largest absolute Gasteiger partial charge is 0.491 e. The van der Waals surface area contributed by atoms with Gasteiger partial charge in [-0.1, -0.05) is 42.5 Å². The van der Waals surface area contributed by atoms with E-state index in [2.05, 4.69) is 17.1 Å². The zero-order valence-electron chi connectivity index (χ0n) is 14.5. The summed E-state index contributed by atoms with van der Waals surface area (Å²) in [5.74, 6) is 0.674. The van der Waals surface area contributed by atoms with Gasteiger partial charge in [-0.2, -0.15) is 0 Å². The molecule has 4 aromatic rings. The molecule has 0 bridgehead atoms. The topological polar surface area (TPSA) is 64.4 Å². The molecule has 0 fully saturated rings. The molecule has 0 amide bonds. The molecule has 2 heterocycles. The molecule has 0 saturated carbocycles. The summed E-state index contributed by atoms with van der Waals surface area (Å²) >= 11 is 1.42. The van der Waals surface area contributed by atoms with Gasteiger partial charge in [-0.05, 0) is 34.7 Å². The second kappa shape index (κ2) is 7.73. The fourth-order valence-corrected chi connectivity index (χ4v) is 3.59.